The minimum atomic E-state index is -3.95. The maximum atomic E-state index is 14.5. The molecule has 0 unspecified atom stereocenters. The molecule has 2 aromatic rings. The van der Waals surface area contributed by atoms with E-state index in [-0.39, 0.29) is 10.8 Å². The van der Waals surface area contributed by atoms with Crippen molar-refractivity contribution in [3.8, 4) is 5.88 Å². The Labute approximate surface area is 216 Å². The number of hydrogen-bond donors (Lipinski definition) is 1. The second kappa shape index (κ2) is 11.0. The third kappa shape index (κ3) is 6.64. The van der Waals surface area contributed by atoms with Crippen molar-refractivity contribution in [3.63, 3.8) is 0 Å². The molecule has 3 aliphatic rings. The largest absolute Gasteiger partial charge is 0.477 e. The molecule has 1 aromatic heterocycles. The Bertz CT molecular complexity index is 1240. The van der Waals surface area contributed by atoms with E-state index in [9.17, 15) is 17.6 Å². The molecule has 2 N–H and O–H groups in total. The summed E-state index contributed by atoms with van der Waals surface area (Å²) >= 11 is 0. The topological polar surface area (TPSA) is 115 Å². The molecule has 1 amide bonds. The summed E-state index contributed by atoms with van der Waals surface area (Å²) < 4.78 is 48.8. The van der Waals surface area contributed by atoms with Crippen LogP contribution in [-0.4, -0.2) is 75.1 Å². The van der Waals surface area contributed by atoms with Crippen LogP contribution in [0.15, 0.2) is 35.2 Å². The Balaban J connectivity index is 1.20. The molecule has 3 fully saturated rings. The SMILES string of the molecule is NS(=O)(=O)c1ccc(CN2CCN(C(=O)c3cc(OCC4CCOCC4)nc(C4CC4)c3)CC2)c(F)c1. The number of halogens is 1. The first-order valence-electron chi connectivity index (χ1n) is 12.8. The number of hydrogen-bond acceptors (Lipinski definition) is 7. The second-order valence-corrected chi connectivity index (χ2v) is 11.7. The molecule has 9 nitrogen and oxygen atoms in total. The fourth-order valence-corrected chi connectivity index (χ4v) is 5.32. The van der Waals surface area contributed by atoms with Crippen molar-refractivity contribution in [3.05, 3.63) is 53.0 Å². The molecular formula is C26H33FN4O5S. The molecule has 37 heavy (non-hydrogen) atoms. The summed E-state index contributed by atoms with van der Waals surface area (Å²) in [7, 11) is -3.95. The fourth-order valence-electron chi connectivity index (χ4n) is 4.79. The van der Waals surface area contributed by atoms with Crippen LogP contribution in [0.25, 0.3) is 0 Å². The zero-order valence-corrected chi connectivity index (χ0v) is 21.6. The van der Waals surface area contributed by atoms with Crippen molar-refractivity contribution in [1.29, 1.82) is 0 Å². The van der Waals surface area contributed by atoms with Gasteiger partial charge in [0.1, 0.15) is 5.82 Å². The van der Waals surface area contributed by atoms with Gasteiger partial charge in [0, 0.05) is 74.7 Å². The van der Waals surface area contributed by atoms with Gasteiger partial charge < -0.3 is 14.4 Å². The van der Waals surface area contributed by atoms with Crippen LogP contribution in [-0.2, 0) is 21.3 Å². The van der Waals surface area contributed by atoms with E-state index >= 15 is 0 Å². The Hall–Kier alpha value is -2.60. The zero-order chi connectivity index (χ0) is 26.0. The first-order chi connectivity index (χ1) is 17.8. The normalized spacial score (nSPS) is 19.7. The van der Waals surface area contributed by atoms with Crippen molar-refractivity contribution >= 4 is 15.9 Å². The lowest BCUT2D eigenvalue weighted by Gasteiger charge is -2.35. The quantitative estimate of drug-likeness (QED) is 0.556. The molecule has 0 bridgehead atoms. The number of ether oxygens (including phenoxy) is 2. The molecule has 5 rings (SSSR count). The highest BCUT2D eigenvalue weighted by atomic mass is 32.2. The zero-order valence-electron chi connectivity index (χ0n) is 20.8. The van der Waals surface area contributed by atoms with Crippen LogP contribution in [0.3, 0.4) is 0 Å². The molecule has 0 atom stereocenters. The predicted octanol–water partition coefficient (Wildman–Crippen LogP) is 2.51. The number of carbonyl (C=O) groups is 1. The molecule has 2 saturated heterocycles. The van der Waals surface area contributed by atoms with E-state index in [1.165, 1.54) is 12.1 Å². The van der Waals surface area contributed by atoms with Gasteiger partial charge in [-0.15, -0.1) is 0 Å². The fraction of sp³-hybridized carbons (Fsp3) is 0.538. The van der Waals surface area contributed by atoms with Gasteiger partial charge in [0.05, 0.1) is 11.5 Å². The standard InChI is InChI=1S/C26H33FN4O5S/c27-23-15-22(37(28,33)34)4-3-20(23)16-30-7-9-31(10-8-30)26(32)21-13-24(19-1-2-19)29-25(14-21)36-17-18-5-11-35-12-6-18/h3-4,13-15,18-19H,1-2,5-12,16-17H2,(H2,28,33,34). The molecule has 3 heterocycles. The van der Waals surface area contributed by atoms with Gasteiger partial charge in [-0.05, 0) is 49.8 Å². The number of nitrogens with two attached hydrogens (primary N) is 1. The third-order valence-electron chi connectivity index (χ3n) is 7.28. The van der Waals surface area contributed by atoms with E-state index in [0.717, 1.165) is 50.7 Å². The van der Waals surface area contributed by atoms with Crippen LogP contribution in [0.4, 0.5) is 4.39 Å². The lowest BCUT2D eigenvalue weighted by atomic mass is 10.0. The first kappa shape index (κ1) is 26.0. The molecular weight excluding hydrogens is 499 g/mol. The number of benzene rings is 1. The predicted molar refractivity (Wildman–Crippen MR) is 134 cm³/mol. The van der Waals surface area contributed by atoms with Crippen molar-refractivity contribution in [2.45, 2.75) is 43.0 Å². The average molecular weight is 533 g/mol. The molecule has 0 spiro atoms. The smallest absolute Gasteiger partial charge is 0.254 e. The van der Waals surface area contributed by atoms with Crippen LogP contribution in [0.2, 0.25) is 0 Å². The summed E-state index contributed by atoms with van der Waals surface area (Å²) in [5, 5.41) is 5.08. The van der Waals surface area contributed by atoms with Gasteiger partial charge in [0.25, 0.3) is 5.91 Å². The number of primary sulfonamides is 1. The Morgan fingerprint density at radius 1 is 1.08 bits per heavy atom. The summed E-state index contributed by atoms with van der Waals surface area (Å²) in [4.78, 5) is 21.7. The molecule has 0 radical (unpaired) electrons. The average Bonchev–Trinajstić information content (AvgIpc) is 3.74. The lowest BCUT2D eigenvalue weighted by molar-refractivity contribution is 0.0489. The number of amides is 1. The minimum absolute atomic E-state index is 0.0523. The monoisotopic (exact) mass is 532 g/mol. The maximum Gasteiger partial charge on any atom is 0.254 e. The summed E-state index contributed by atoms with van der Waals surface area (Å²) in [6.07, 6.45) is 4.10. The lowest BCUT2D eigenvalue weighted by Crippen LogP contribution is -2.48. The van der Waals surface area contributed by atoms with Crippen molar-refractivity contribution in [2.75, 3.05) is 46.0 Å². The van der Waals surface area contributed by atoms with Gasteiger partial charge in [0.15, 0.2) is 0 Å². The van der Waals surface area contributed by atoms with E-state index in [1.807, 2.05) is 15.9 Å². The van der Waals surface area contributed by atoms with Crippen LogP contribution in [0.5, 0.6) is 5.88 Å². The Morgan fingerprint density at radius 2 is 1.81 bits per heavy atom. The number of nitrogens with zero attached hydrogens (tertiary/aromatic N) is 3. The minimum Gasteiger partial charge on any atom is -0.477 e. The third-order valence-corrected chi connectivity index (χ3v) is 8.19. The Kier molecular flexibility index (Phi) is 7.75. The highest BCUT2D eigenvalue weighted by Crippen LogP contribution is 2.40. The van der Waals surface area contributed by atoms with E-state index in [0.29, 0.717) is 68.2 Å². The van der Waals surface area contributed by atoms with Crippen molar-refractivity contribution in [1.82, 2.24) is 14.8 Å². The van der Waals surface area contributed by atoms with Gasteiger partial charge >= 0.3 is 0 Å². The molecule has 1 saturated carbocycles. The molecule has 1 aliphatic carbocycles. The van der Waals surface area contributed by atoms with Gasteiger partial charge in [-0.1, -0.05) is 6.07 Å². The molecule has 1 aromatic carbocycles. The van der Waals surface area contributed by atoms with Crippen LogP contribution < -0.4 is 9.88 Å². The summed E-state index contributed by atoms with van der Waals surface area (Å²) in [5.41, 5.74) is 1.91. The number of rotatable bonds is 8. The van der Waals surface area contributed by atoms with Gasteiger partial charge in [0.2, 0.25) is 15.9 Å². The van der Waals surface area contributed by atoms with Gasteiger partial charge in [-0.25, -0.2) is 22.9 Å². The van der Waals surface area contributed by atoms with Crippen LogP contribution in [0.1, 0.15) is 53.2 Å². The van der Waals surface area contributed by atoms with Crippen LogP contribution >= 0.6 is 0 Å². The van der Waals surface area contributed by atoms with E-state index in [1.54, 1.807) is 6.07 Å². The van der Waals surface area contributed by atoms with Crippen molar-refractivity contribution < 1.29 is 27.1 Å². The number of pyridine rings is 1. The number of piperazine rings is 1. The highest BCUT2D eigenvalue weighted by molar-refractivity contribution is 7.89. The first-order valence-corrected chi connectivity index (χ1v) is 14.4. The maximum absolute atomic E-state index is 14.5. The van der Waals surface area contributed by atoms with E-state index in [4.69, 9.17) is 14.6 Å². The Morgan fingerprint density at radius 3 is 2.46 bits per heavy atom. The summed E-state index contributed by atoms with van der Waals surface area (Å²) in [5.74, 6) is 0.682. The highest BCUT2D eigenvalue weighted by Gasteiger charge is 2.29. The molecule has 11 heteroatoms. The molecule has 200 valence electrons. The van der Waals surface area contributed by atoms with Gasteiger partial charge in [-0.2, -0.15) is 0 Å². The van der Waals surface area contributed by atoms with Crippen LogP contribution in [0, 0.1) is 11.7 Å². The summed E-state index contributed by atoms with van der Waals surface area (Å²) in [6, 6.07) is 7.37. The summed E-state index contributed by atoms with van der Waals surface area (Å²) in [6.45, 7) is 4.59. The van der Waals surface area contributed by atoms with Crippen molar-refractivity contribution in [2.24, 2.45) is 11.1 Å². The molecule has 2 aliphatic heterocycles. The number of sulfonamides is 1. The number of carbonyl (C=O) groups excluding carboxylic acids is 1. The van der Waals surface area contributed by atoms with E-state index in [2.05, 4.69) is 4.98 Å². The van der Waals surface area contributed by atoms with Gasteiger partial charge in [-0.3, -0.25) is 9.69 Å². The second-order valence-electron chi connectivity index (χ2n) is 10.1. The number of aromatic nitrogens is 1. The van der Waals surface area contributed by atoms with E-state index < -0.39 is 15.8 Å².